The molecule has 0 aliphatic rings. The van der Waals surface area contributed by atoms with Gasteiger partial charge in [0, 0.05) is 22.5 Å². The monoisotopic (exact) mass is 263 g/mol. The topological polar surface area (TPSA) is 12.0 Å². The fourth-order valence-corrected chi connectivity index (χ4v) is 2.98. The molecule has 0 radical (unpaired) electrons. The first kappa shape index (κ1) is 13.2. The SMILES string of the molecule is CCC(N[C@H](C)c1ccccc1F)c1cccs1. The van der Waals surface area contributed by atoms with Crippen LogP contribution in [0.5, 0.6) is 0 Å². The Balaban J connectivity index is 2.11. The number of halogens is 1. The minimum absolute atomic E-state index is 0.0123. The van der Waals surface area contributed by atoms with Crippen LogP contribution in [-0.4, -0.2) is 0 Å². The van der Waals surface area contributed by atoms with Crippen molar-refractivity contribution in [2.45, 2.75) is 32.4 Å². The van der Waals surface area contributed by atoms with Crippen molar-refractivity contribution in [3.63, 3.8) is 0 Å². The van der Waals surface area contributed by atoms with Gasteiger partial charge < -0.3 is 5.32 Å². The highest BCUT2D eigenvalue weighted by Gasteiger charge is 2.16. The van der Waals surface area contributed by atoms with Crippen LogP contribution in [0.4, 0.5) is 4.39 Å². The third kappa shape index (κ3) is 2.98. The zero-order chi connectivity index (χ0) is 13.0. The Morgan fingerprint density at radius 3 is 2.61 bits per heavy atom. The van der Waals surface area contributed by atoms with Gasteiger partial charge in [-0.25, -0.2) is 4.39 Å². The molecule has 2 aromatic rings. The quantitative estimate of drug-likeness (QED) is 0.825. The van der Waals surface area contributed by atoms with Crippen LogP contribution >= 0.6 is 11.3 Å². The van der Waals surface area contributed by atoms with E-state index in [0.29, 0.717) is 6.04 Å². The molecule has 0 amide bonds. The van der Waals surface area contributed by atoms with Gasteiger partial charge in [-0.1, -0.05) is 31.2 Å². The Kier molecular flexibility index (Phi) is 4.50. The van der Waals surface area contributed by atoms with Gasteiger partial charge in [-0.2, -0.15) is 0 Å². The van der Waals surface area contributed by atoms with Crippen molar-refractivity contribution in [3.05, 3.63) is 58.0 Å². The molecule has 0 saturated carbocycles. The second kappa shape index (κ2) is 6.12. The summed E-state index contributed by atoms with van der Waals surface area (Å²) < 4.78 is 13.7. The fourth-order valence-electron chi connectivity index (χ4n) is 2.11. The Morgan fingerprint density at radius 1 is 1.22 bits per heavy atom. The van der Waals surface area contributed by atoms with Crippen LogP contribution in [0.25, 0.3) is 0 Å². The van der Waals surface area contributed by atoms with E-state index in [2.05, 4.69) is 29.8 Å². The molecular weight excluding hydrogens is 245 g/mol. The van der Waals surface area contributed by atoms with E-state index in [1.54, 1.807) is 17.4 Å². The summed E-state index contributed by atoms with van der Waals surface area (Å²) in [6.45, 7) is 4.15. The Morgan fingerprint density at radius 2 is 2.00 bits per heavy atom. The van der Waals surface area contributed by atoms with Gasteiger partial charge in [0.15, 0.2) is 0 Å². The smallest absolute Gasteiger partial charge is 0.127 e. The fraction of sp³-hybridized carbons (Fsp3) is 0.333. The van der Waals surface area contributed by atoms with E-state index in [4.69, 9.17) is 0 Å². The lowest BCUT2D eigenvalue weighted by atomic mass is 10.1. The van der Waals surface area contributed by atoms with Crippen molar-refractivity contribution >= 4 is 11.3 Å². The molecule has 1 aromatic heterocycles. The number of thiophene rings is 1. The van der Waals surface area contributed by atoms with Gasteiger partial charge in [-0.05, 0) is 30.9 Å². The summed E-state index contributed by atoms with van der Waals surface area (Å²) in [6, 6.07) is 11.4. The molecule has 2 atom stereocenters. The molecule has 1 nitrogen and oxygen atoms in total. The van der Waals surface area contributed by atoms with Crippen LogP contribution in [0.2, 0.25) is 0 Å². The molecule has 0 spiro atoms. The number of nitrogens with one attached hydrogen (secondary N) is 1. The number of hydrogen-bond donors (Lipinski definition) is 1. The first-order valence-corrected chi connectivity index (χ1v) is 7.14. The third-order valence-electron chi connectivity index (χ3n) is 3.12. The third-order valence-corrected chi connectivity index (χ3v) is 4.10. The molecule has 0 saturated heterocycles. The first-order valence-electron chi connectivity index (χ1n) is 6.26. The average Bonchev–Trinajstić information content (AvgIpc) is 2.90. The van der Waals surface area contributed by atoms with Gasteiger partial charge in [-0.15, -0.1) is 11.3 Å². The van der Waals surface area contributed by atoms with E-state index >= 15 is 0 Å². The summed E-state index contributed by atoms with van der Waals surface area (Å²) >= 11 is 1.74. The van der Waals surface area contributed by atoms with Crippen LogP contribution in [0.1, 0.15) is 42.8 Å². The van der Waals surface area contributed by atoms with Gasteiger partial charge in [0.25, 0.3) is 0 Å². The molecule has 0 aliphatic carbocycles. The van der Waals surface area contributed by atoms with Crippen LogP contribution in [-0.2, 0) is 0 Å². The van der Waals surface area contributed by atoms with Crippen LogP contribution in [0, 0.1) is 5.82 Å². The van der Waals surface area contributed by atoms with Crippen LogP contribution < -0.4 is 5.32 Å². The van der Waals surface area contributed by atoms with Crippen molar-refractivity contribution in [2.75, 3.05) is 0 Å². The summed E-state index contributed by atoms with van der Waals surface area (Å²) in [5, 5.41) is 5.57. The predicted octanol–water partition coefficient (Wildman–Crippen LogP) is 4.69. The molecule has 2 rings (SSSR count). The molecule has 0 aliphatic heterocycles. The zero-order valence-electron chi connectivity index (χ0n) is 10.7. The maximum absolute atomic E-state index is 13.7. The van der Waals surface area contributed by atoms with Crippen LogP contribution in [0.15, 0.2) is 41.8 Å². The molecule has 0 fully saturated rings. The van der Waals surface area contributed by atoms with E-state index < -0.39 is 0 Å². The number of benzene rings is 1. The second-order valence-corrected chi connectivity index (χ2v) is 5.37. The average molecular weight is 263 g/mol. The van der Waals surface area contributed by atoms with Crippen molar-refractivity contribution in [3.8, 4) is 0 Å². The van der Waals surface area contributed by atoms with Gasteiger partial charge >= 0.3 is 0 Å². The highest BCUT2D eigenvalue weighted by molar-refractivity contribution is 7.10. The number of hydrogen-bond acceptors (Lipinski definition) is 2. The highest BCUT2D eigenvalue weighted by atomic mass is 32.1. The predicted molar refractivity (Wildman–Crippen MR) is 75.3 cm³/mol. The van der Waals surface area contributed by atoms with E-state index in [0.717, 1.165) is 12.0 Å². The lowest BCUT2D eigenvalue weighted by molar-refractivity contribution is 0.447. The first-order chi connectivity index (χ1) is 8.72. The van der Waals surface area contributed by atoms with Gasteiger partial charge in [-0.3, -0.25) is 0 Å². The summed E-state index contributed by atoms with van der Waals surface area (Å²) in [4.78, 5) is 1.31. The largest absolute Gasteiger partial charge is 0.303 e. The summed E-state index contributed by atoms with van der Waals surface area (Å²) in [7, 11) is 0. The Bertz CT molecular complexity index is 481. The summed E-state index contributed by atoms with van der Waals surface area (Å²) in [5.41, 5.74) is 0.729. The summed E-state index contributed by atoms with van der Waals surface area (Å²) in [6.07, 6.45) is 0.999. The molecule has 0 bridgehead atoms. The normalized spacial score (nSPS) is 14.4. The Hall–Kier alpha value is -1.19. The lowest BCUT2D eigenvalue weighted by Crippen LogP contribution is -2.24. The maximum Gasteiger partial charge on any atom is 0.127 e. The van der Waals surface area contributed by atoms with E-state index in [-0.39, 0.29) is 11.9 Å². The molecule has 1 N–H and O–H groups in total. The van der Waals surface area contributed by atoms with E-state index in [1.807, 2.05) is 19.1 Å². The minimum atomic E-state index is -0.140. The molecular formula is C15H18FNS. The van der Waals surface area contributed by atoms with Crippen molar-refractivity contribution < 1.29 is 4.39 Å². The molecule has 1 heterocycles. The Labute approximate surface area is 112 Å². The molecule has 1 aromatic carbocycles. The molecule has 3 heteroatoms. The summed E-state index contributed by atoms with van der Waals surface area (Å²) in [5.74, 6) is -0.140. The molecule has 96 valence electrons. The van der Waals surface area contributed by atoms with Gasteiger partial charge in [0.05, 0.1) is 0 Å². The molecule has 18 heavy (non-hydrogen) atoms. The van der Waals surface area contributed by atoms with Crippen molar-refractivity contribution in [1.29, 1.82) is 0 Å². The highest BCUT2D eigenvalue weighted by Crippen LogP contribution is 2.26. The zero-order valence-corrected chi connectivity index (χ0v) is 11.5. The van der Waals surface area contributed by atoms with Crippen LogP contribution in [0.3, 0.4) is 0 Å². The molecule has 1 unspecified atom stereocenters. The van der Waals surface area contributed by atoms with E-state index in [9.17, 15) is 4.39 Å². The minimum Gasteiger partial charge on any atom is -0.303 e. The van der Waals surface area contributed by atoms with Crippen molar-refractivity contribution in [2.24, 2.45) is 0 Å². The standard InChI is InChI=1S/C15H18FNS/c1-3-14(15-9-6-10-18-15)17-11(2)12-7-4-5-8-13(12)16/h4-11,14,17H,3H2,1-2H3/t11-,14?/m1/s1. The van der Waals surface area contributed by atoms with Crippen molar-refractivity contribution in [1.82, 2.24) is 5.32 Å². The maximum atomic E-state index is 13.7. The number of rotatable bonds is 5. The van der Waals surface area contributed by atoms with Gasteiger partial charge in [0.1, 0.15) is 5.82 Å². The second-order valence-electron chi connectivity index (χ2n) is 4.39. The van der Waals surface area contributed by atoms with E-state index in [1.165, 1.54) is 10.9 Å². The lowest BCUT2D eigenvalue weighted by Gasteiger charge is -2.22. The van der Waals surface area contributed by atoms with Gasteiger partial charge in [0.2, 0.25) is 0 Å².